The minimum atomic E-state index is -1.41. The van der Waals surface area contributed by atoms with Gasteiger partial charge in [0.05, 0.1) is 6.04 Å². The predicted molar refractivity (Wildman–Crippen MR) is 139 cm³/mol. The molecule has 3 aliphatic rings. The number of hydrogen-bond acceptors (Lipinski definition) is 7. The van der Waals surface area contributed by atoms with E-state index in [-0.39, 0.29) is 11.8 Å². The molecule has 0 radical (unpaired) electrons. The third-order valence-electron chi connectivity index (χ3n) is 8.29. The van der Waals surface area contributed by atoms with Crippen LogP contribution in [0.15, 0.2) is 0 Å². The summed E-state index contributed by atoms with van der Waals surface area (Å²) in [5, 5.41) is 14.9. The van der Waals surface area contributed by atoms with Crippen LogP contribution in [-0.2, 0) is 24.0 Å². The summed E-state index contributed by atoms with van der Waals surface area (Å²) in [4.78, 5) is 66.0. The van der Waals surface area contributed by atoms with Gasteiger partial charge in [0.2, 0.25) is 17.6 Å². The molecular formula is C27H45N5O5. The van der Waals surface area contributed by atoms with E-state index in [1.54, 1.807) is 0 Å². The van der Waals surface area contributed by atoms with Crippen LogP contribution in [0.3, 0.4) is 0 Å². The zero-order valence-corrected chi connectivity index (χ0v) is 22.5. The Labute approximate surface area is 220 Å². The molecule has 3 fully saturated rings. The van der Waals surface area contributed by atoms with Gasteiger partial charge in [0.1, 0.15) is 5.54 Å². The average molecular weight is 520 g/mol. The highest BCUT2D eigenvalue weighted by molar-refractivity contribution is 6.38. The van der Waals surface area contributed by atoms with Gasteiger partial charge in [-0.3, -0.25) is 29.3 Å². The fourth-order valence-corrected chi connectivity index (χ4v) is 5.87. The highest BCUT2D eigenvalue weighted by Gasteiger charge is 2.49. The van der Waals surface area contributed by atoms with E-state index in [4.69, 9.17) is 0 Å². The zero-order chi connectivity index (χ0) is 26.9. The second-order valence-electron chi connectivity index (χ2n) is 11.0. The highest BCUT2D eigenvalue weighted by atomic mass is 16.2. The van der Waals surface area contributed by atoms with Crippen LogP contribution >= 0.6 is 0 Å². The van der Waals surface area contributed by atoms with Gasteiger partial charge in [-0.25, -0.2) is 0 Å². The number of Topliss-reactive ketones (excluding diaryl/α,β-unsaturated/α-hetero) is 2. The van der Waals surface area contributed by atoms with Crippen molar-refractivity contribution in [2.24, 2.45) is 0 Å². The second kappa shape index (κ2) is 13.5. The van der Waals surface area contributed by atoms with E-state index in [0.29, 0.717) is 51.7 Å². The maximum Gasteiger partial charge on any atom is 0.289 e. The SMILES string of the molecule is CCCC[C@H](NC(=O)C1(NC(=O)C2(C(C)=O)CCCNCN2)CCCCC1)C(=O)C(=O)NC1CCCC1. The van der Waals surface area contributed by atoms with Crippen LogP contribution in [0.1, 0.15) is 104 Å². The Morgan fingerprint density at radius 1 is 0.919 bits per heavy atom. The Morgan fingerprint density at radius 3 is 2.27 bits per heavy atom. The maximum absolute atomic E-state index is 13.8. The second-order valence-corrected chi connectivity index (χ2v) is 11.0. The Balaban J connectivity index is 1.78. The van der Waals surface area contributed by atoms with Crippen molar-refractivity contribution in [1.82, 2.24) is 26.6 Å². The zero-order valence-electron chi connectivity index (χ0n) is 22.5. The lowest BCUT2D eigenvalue weighted by molar-refractivity contribution is -0.144. The van der Waals surface area contributed by atoms with Gasteiger partial charge < -0.3 is 21.3 Å². The van der Waals surface area contributed by atoms with Crippen molar-refractivity contribution < 1.29 is 24.0 Å². The summed E-state index contributed by atoms with van der Waals surface area (Å²) in [7, 11) is 0. The first-order valence-corrected chi connectivity index (χ1v) is 14.2. The van der Waals surface area contributed by atoms with E-state index in [9.17, 15) is 24.0 Å². The van der Waals surface area contributed by atoms with Gasteiger partial charge in [-0.15, -0.1) is 0 Å². The predicted octanol–water partition coefficient (Wildman–Crippen LogP) is 1.37. The molecule has 0 spiro atoms. The van der Waals surface area contributed by atoms with Gasteiger partial charge in [0, 0.05) is 12.7 Å². The summed E-state index contributed by atoms with van der Waals surface area (Å²) in [6.07, 6.45) is 9.86. The largest absolute Gasteiger partial charge is 0.347 e. The van der Waals surface area contributed by atoms with Gasteiger partial charge in [0.25, 0.3) is 5.91 Å². The van der Waals surface area contributed by atoms with E-state index >= 15 is 0 Å². The molecule has 1 aliphatic heterocycles. The first-order valence-electron chi connectivity index (χ1n) is 14.2. The van der Waals surface area contributed by atoms with Gasteiger partial charge in [0.15, 0.2) is 11.3 Å². The Hall–Kier alpha value is -2.33. The lowest BCUT2D eigenvalue weighted by Crippen LogP contribution is -2.69. The van der Waals surface area contributed by atoms with Crippen molar-refractivity contribution in [1.29, 1.82) is 0 Å². The molecule has 0 aromatic carbocycles. The molecule has 10 nitrogen and oxygen atoms in total. The monoisotopic (exact) mass is 519 g/mol. The lowest BCUT2D eigenvalue weighted by atomic mass is 9.78. The molecule has 1 saturated heterocycles. The molecule has 2 saturated carbocycles. The van der Waals surface area contributed by atoms with Crippen molar-refractivity contribution in [3.8, 4) is 0 Å². The molecule has 5 N–H and O–H groups in total. The summed E-state index contributed by atoms with van der Waals surface area (Å²) in [6.45, 7) is 4.38. The number of amides is 3. The molecule has 3 amide bonds. The molecule has 0 bridgehead atoms. The molecule has 2 atom stereocenters. The molecule has 37 heavy (non-hydrogen) atoms. The summed E-state index contributed by atoms with van der Waals surface area (Å²) in [5.74, 6) is -2.53. The molecule has 0 aromatic rings. The number of nitrogens with one attached hydrogen (secondary N) is 5. The standard InChI is InChI=1S/C27H45N5O5/c1-3-4-13-21(22(34)23(35)30-20-11-6-7-12-20)31-24(36)26(14-8-5-9-15-26)32-25(37)27(19(2)33)16-10-17-28-18-29-27/h20-21,28-29H,3-18H2,1-2H3,(H,30,35)(H,31,36)(H,32,37)/t21-,27?/m0/s1. The molecule has 208 valence electrons. The number of rotatable bonds is 11. The number of carbonyl (C=O) groups excluding carboxylic acids is 5. The number of unbranched alkanes of at least 4 members (excludes halogenated alkanes) is 1. The quantitative estimate of drug-likeness (QED) is 0.205. The summed E-state index contributed by atoms with van der Waals surface area (Å²) in [6, 6.07) is -0.946. The smallest absolute Gasteiger partial charge is 0.289 e. The molecule has 1 heterocycles. The van der Waals surface area contributed by atoms with E-state index in [0.717, 1.165) is 51.4 Å². The number of carbonyl (C=O) groups is 5. The highest BCUT2D eigenvalue weighted by Crippen LogP contribution is 2.30. The van der Waals surface area contributed by atoms with Crippen LogP contribution in [0.5, 0.6) is 0 Å². The van der Waals surface area contributed by atoms with Gasteiger partial charge in [-0.2, -0.15) is 0 Å². The lowest BCUT2D eigenvalue weighted by Gasteiger charge is -2.40. The minimum Gasteiger partial charge on any atom is -0.347 e. The molecular weight excluding hydrogens is 474 g/mol. The van der Waals surface area contributed by atoms with Gasteiger partial charge in [-0.1, -0.05) is 51.9 Å². The molecule has 1 unspecified atom stereocenters. The van der Waals surface area contributed by atoms with E-state index in [2.05, 4.69) is 26.6 Å². The topological polar surface area (TPSA) is 146 Å². The third kappa shape index (κ3) is 7.16. The Kier molecular flexibility index (Phi) is 10.6. The Morgan fingerprint density at radius 2 is 1.62 bits per heavy atom. The Bertz CT molecular complexity index is 840. The van der Waals surface area contributed by atoms with Crippen LogP contribution in [0.4, 0.5) is 0 Å². The van der Waals surface area contributed by atoms with Crippen molar-refractivity contribution in [2.75, 3.05) is 13.2 Å². The van der Waals surface area contributed by atoms with E-state index < -0.39 is 40.6 Å². The normalized spacial score (nSPS) is 24.9. The number of hydrogen-bond donors (Lipinski definition) is 5. The van der Waals surface area contributed by atoms with Crippen LogP contribution in [0.25, 0.3) is 0 Å². The molecule has 0 aromatic heterocycles. The first-order chi connectivity index (χ1) is 17.7. The first kappa shape index (κ1) is 29.2. The number of ketones is 2. The summed E-state index contributed by atoms with van der Waals surface area (Å²) < 4.78 is 0. The van der Waals surface area contributed by atoms with Crippen molar-refractivity contribution in [3.05, 3.63) is 0 Å². The van der Waals surface area contributed by atoms with Crippen LogP contribution in [0, 0.1) is 0 Å². The van der Waals surface area contributed by atoms with Crippen LogP contribution in [0.2, 0.25) is 0 Å². The minimum absolute atomic E-state index is 0.00675. The van der Waals surface area contributed by atoms with Crippen molar-refractivity contribution in [3.63, 3.8) is 0 Å². The van der Waals surface area contributed by atoms with Crippen LogP contribution in [-0.4, -0.2) is 65.7 Å². The summed E-state index contributed by atoms with van der Waals surface area (Å²) >= 11 is 0. The van der Waals surface area contributed by atoms with Crippen LogP contribution < -0.4 is 26.6 Å². The summed E-state index contributed by atoms with van der Waals surface area (Å²) in [5.41, 5.74) is -2.64. The average Bonchev–Trinajstić information content (AvgIpc) is 3.26. The van der Waals surface area contributed by atoms with Gasteiger partial charge >= 0.3 is 0 Å². The maximum atomic E-state index is 13.8. The fraction of sp³-hybridized carbons (Fsp3) is 0.815. The molecule has 10 heteroatoms. The third-order valence-corrected chi connectivity index (χ3v) is 8.29. The fourth-order valence-electron chi connectivity index (χ4n) is 5.87. The molecule has 2 aliphatic carbocycles. The van der Waals surface area contributed by atoms with Crippen molar-refractivity contribution >= 4 is 29.3 Å². The van der Waals surface area contributed by atoms with Gasteiger partial charge in [-0.05, 0) is 58.4 Å². The van der Waals surface area contributed by atoms with E-state index in [1.807, 2.05) is 6.92 Å². The van der Waals surface area contributed by atoms with E-state index in [1.165, 1.54) is 6.92 Å². The van der Waals surface area contributed by atoms with Crippen molar-refractivity contribution in [2.45, 2.75) is 127 Å². The molecule has 3 rings (SSSR count).